The molecule has 1 saturated heterocycles. The van der Waals surface area contributed by atoms with Gasteiger partial charge in [-0.25, -0.2) is 9.78 Å². The Labute approximate surface area is 131 Å². The Morgan fingerprint density at radius 2 is 1.86 bits per heavy atom. The molecule has 1 amide bonds. The number of amides is 1. The lowest BCUT2D eigenvalue weighted by molar-refractivity contribution is 0.0123. The van der Waals surface area contributed by atoms with Crippen molar-refractivity contribution < 1.29 is 14.3 Å². The van der Waals surface area contributed by atoms with Gasteiger partial charge in [-0.05, 0) is 34.6 Å². The lowest BCUT2D eigenvalue weighted by atomic mass is 10.1. The van der Waals surface area contributed by atoms with Crippen molar-refractivity contribution in [1.82, 2.24) is 14.9 Å². The van der Waals surface area contributed by atoms with E-state index in [0.717, 1.165) is 18.5 Å². The molecule has 0 radical (unpaired) electrons. The first kappa shape index (κ1) is 16.5. The monoisotopic (exact) mass is 307 g/mol. The highest BCUT2D eigenvalue weighted by Gasteiger charge is 2.27. The van der Waals surface area contributed by atoms with E-state index in [9.17, 15) is 4.79 Å². The van der Waals surface area contributed by atoms with Crippen LogP contribution in [0.2, 0.25) is 0 Å². The fraction of sp³-hybridized carbons (Fsp3) is 0.688. The molecule has 2 rings (SSSR count). The van der Waals surface area contributed by atoms with Crippen LogP contribution in [0.15, 0.2) is 6.07 Å². The minimum Gasteiger partial charge on any atom is -0.474 e. The van der Waals surface area contributed by atoms with Crippen LogP contribution < -0.4 is 4.74 Å². The highest BCUT2D eigenvalue weighted by molar-refractivity contribution is 5.68. The van der Waals surface area contributed by atoms with E-state index in [1.54, 1.807) is 4.90 Å². The van der Waals surface area contributed by atoms with Crippen LogP contribution in [0.25, 0.3) is 0 Å². The number of aryl methyl sites for hydroxylation is 2. The van der Waals surface area contributed by atoms with Crippen molar-refractivity contribution >= 4 is 6.09 Å². The molecule has 1 aliphatic heterocycles. The van der Waals surface area contributed by atoms with E-state index in [4.69, 9.17) is 9.47 Å². The van der Waals surface area contributed by atoms with Crippen molar-refractivity contribution in [2.24, 2.45) is 0 Å². The molecular weight excluding hydrogens is 282 g/mol. The summed E-state index contributed by atoms with van der Waals surface area (Å²) in [4.78, 5) is 22.3. The predicted molar refractivity (Wildman–Crippen MR) is 83.0 cm³/mol. The summed E-state index contributed by atoms with van der Waals surface area (Å²) >= 11 is 0. The van der Waals surface area contributed by atoms with E-state index in [-0.39, 0.29) is 12.2 Å². The van der Waals surface area contributed by atoms with Gasteiger partial charge in [-0.3, -0.25) is 0 Å². The van der Waals surface area contributed by atoms with E-state index in [1.165, 1.54) is 0 Å². The van der Waals surface area contributed by atoms with E-state index < -0.39 is 5.60 Å². The number of aromatic nitrogens is 2. The first-order chi connectivity index (χ1) is 10.2. The number of hydrogen-bond donors (Lipinski definition) is 0. The van der Waals surface area contributed by atoms with Crippen molar-refractivity contribution in [1.29, 1.82) is 0 Å². The Morgan fingerprint density at radius 1 is 1.23 bits per heavy atom. The molecule has 1 aromatic rings. The highest BCUT2D eigenvalue weighted by Crippen LogP contribution is 2.19. The number of ether oxygens (including phenoxy) is 2. The van der Waals surface area contributed by atoms with Crippen LogP contribution in [0, 0.1) is 13.8 Å². The summed E-state index contributed by atoms with van der Waals surface area (Å²) in [6.45, 7) is 10.7. The third kappa shape index (κ3) is 4.86. The summed E-state index contributed by atoms with van der Waals surface area (Å²) in [5.74, 6) is 1.32. The second-order valence-corrected chi connectivity index (χ2v) is 6.68. The van der Waals surface area contributed by atoms with Crippen molar-refractivity contribution in [3.63, 3.8) is 0 Å². The molecule has 1 fully saturated rings. The molecule has 0 unspecified atom stereocenters. The fourth-order valence-electron chi connectivity index (χ4n) is 2.40. The number of piperidine rings is 1. The van der Waals surface area contributed by atoms with Crippen LogP contribution in [0.3, 0.4) is 0 Å². The maximum atomic E-state index is 12.0. The Balaban J connectivity index is 1.86. The van der Waals surface area contributed by atoms with Crippen LogP contribution in [0.5, 0.6) is 5.88 Å². The smallest absolute Gasteiger partial charge is 0.410 e. The quantitative estimate of drug-likeness (QED) is 0.840. The van der Waals surface area contributed by atoms with Gasteiger partial charge in [0.15, 0.2) is 0 Å². The fourth-order valence-corrected chi connectivity index (χ4v) is 2.40. The molecule has 22 heavy (non-hydrogen) atoms. The van der Waals surface area contributed by atoms with Gasteiger partial charge in [0.05, 0.1) is 0 Å². The second kappa shape index (κ2) is 6.50. The lowest BCUT2D eigenvalue weighted by Gasteiger charge is -2.33. The molecule has 0 aromatic carbocycles. The zero-order valence-electron chi connectivity index (χ0n) is 14.0. The summed E-state index contributed by atoms with van der Waals surface area (Å²) in [6, 6.07) is 1.84. The van der Waals surface area contributed by atoms with Crippen LogP contribution in [0.1, 0.15) is 45.1 Å². The first-order valence-corrected chi connectivity index (χ1v) is 7.70. The molecule has 0 spiro atoms. The Kier molecular flexibility index (Phi) is 4.88. The van der Waals surface area contributed by atoms with Gasteiger partial charge in [0, 0.05) is 37.7 Å². The van der Waals surface area contributed by atoms with Gasteiger partial charge in [-0.2, -0.15) is 4.98 Å². The maximum absolute atomic E-state index is 12.0. The van der Waals surface area contributed by atoms with E-state index >= 15 is 0 Å². The number of nitrogens with zero attached hydrogens (tertiary/aromatic N) is 3. The zero-order valence-corrected chi connectivity index (χ0v) is 14.0. The van der Waals surface area contributed by atoms with Gasteiger partial charge in [0.25, 0.3) is 0 Å². The normalized spacial score (nSPS) is 16.5. The third-order valence-corrected chi connectivity index (χ3v) is 3.32. The molecule has 0 atom stereocenters. The minimum atomic E-state index is -0.458. The van der Waals surface area contributed by atoms with Crippen LogP contribution in [-0.2, 0) is 4.74 Å². The molecule has 6 nitrogen and oxygen atoms in total. The lowest BCUT2D eigenvalue weighted by Crippen LogP contribution is -2.44. The van der Waals surface area contributed by atoms with Crippen molar-refractivity contribution in [2.45, 2.75) is 59.2 Å². The molecule has 6 heteroatoms. The van der Waals surface area contributed by atoms with Crippen molar-refractivity contribution in [2.75, 3.05) is 13.1 Å². The molecule has 0 saturated carbocycles. The third-order valence-electron chi connectivity index (χ3n) is 3.32. The number of carbonyl (C=O) groups is 1. The maximum Gasteiger partial charge on any atom is 0.410 e. The molecule has 2 heterocycles. The van der Waals surface area contributed by atoms with Crippen LogP contribution >= 0.6 is 0 Å². The molecule has 1 aliphatic rings. The van der Waals surface area contributed by atoms with E-state index in [2.05, 4.69) is 9.97 Å². The predicted octanol–water partition coefficient (Wildman–Crippen LogP) is 2.87. The summed E-state index contributed by atoms with van der Waals surface area (Å²) in [5, 5.41) is 0. The van der Waals surface area contributed by atoms with Crippen molar-refractivity contribution in [3.8, 4) is 5.88 Å². The zero-order chi connectivity index (χ0) is 16.3. The molecule has 122 valence electrons. The minimum absolute atomic E-state index is 0.0763. The Bertz CT molecular complexity index is 512. The van der Waals surface area contributed by atoms with Crippen LogP contribution in [0.4, 0.5) is 4.79 Å². The highest BCUT2D eigenvalue weighted by atomic mass is 16.6. The standard InChI is InChI=1S/C16H25N3O3/c1-11-10-14(18-12(2)17-11)21-13-6-8-19(9-7-13)15(20)22-16(3,4)5/h10,13H,6-9H2,1-5H3. The molecule has 0 aliphatic carbocycles. The van der Waals surface area contributed by atoms with Crippen molar-refractivity contribution in [3.05, 3.63) is 17.6 Å². The van der Waals surface area contributed by atoms with E-state index in [0.29, 0.717) is 24.8 Å². The number of hydrogen-bond acceptors (Lipinski definition) is 5. The van der Waals surface area contributed by atoms with Gasteiger partial charge in [0.1, 0.15) is 17.5 Å². The second-order valence-electron chi connectivity index (χ2n) is 6.68. The first-order valence-electron chi connectivity index (χ1n) is 7.70. The summed E-state index contributed by atoms with van der Waals surface area (Å²) in [5.41, 5.74) is 0.439. The summed E-state index contributed by atoms with van der Waals surface area (Å²) in [7, 11) is 0. The van der Waals surface area contributed by atoms with Gasteiger partial charge in [0.2, 0.25) is 5.88 Å². The molecular formula is C16H25N3O3. The molecule has 1 aromatic heterocycles. The average molecular weight is 307 g/mol. The summed E-state index contributed by atoms with van der Waals surface area (Å²) in [6.07, 6.45) is 1.38. The molecule has 0 bridgehead atoms. The Hall–Kier alpha value is -1.85. The van der Waals surface area contributed by atoms with Gasteiger partial charge in [-0.1, -0.05) is 0 Å². The number of carbonyl (C=O) groups excluding carboxylic acids is 1. The van der Waals surface area contributed by atoms with Gasteiger partial charge >= 0.3 is 6.09 Å². The van der Waals surface area contributed by atoms with Gasteiger partial charge < -0.3 is 14.4 Å². The topological polar surface area (TPSA) is 64.5 Å². The van der Waals surface area contributed by atoms with Crippen LogP contribution in [-0.4, -0.2) is 45.8 Å². The Morgan fingerprint density at radius 3 is 2.41 bits per heavy atom. The van der Waals surface area contributed by atoms with E-state index in [1.807, 2.05) is 40.7 Å². The number of rotatable bonds is 2. The van der Waals surface area contributed by atoms with Gasteiger partial charge in [-0.15, -0.1) is 0 Å². The molecule has 0 N–H and O–H groups in total. The number of likely N-dealkylation sites (tertiary alicyclic amines) is 1. The average Bonchev–Trinajstić information content (AvgIpc) is 2.36. The SMILES string of the molecule is Cc1cc(OC2CCN(C(=O)OC(C)(C)C)CC2)nc(C)n1. The largest absolute Gasteiger partial charge is 0.474 e. The summed E-state index contributed by atoms with van der Waals surface area (Å²) < 4.78 is 11.3.